The smallest absolute Gasteiger partial charge is 0.272 e. The van der Waals surface area contributed by atoms with E-state index in [4.69, 9.17) is 0 Å². The summed E-state index contributed by atoms with van der Waals surface area (Å²) in [6.45, 7) is 3.29. The summed E-state index contributed by atoms with van der Waals surface area (Å²) < 4.78 is 1.84. The van der Waals surface area contributed by atoms with Crippen LogP contribution in [0.3, 0.4) is 0 Å². The van der Waals surface area contributed by atoms with Crippen LogP contribution in [-0.4, -0.2) is 25.9 Å². The van der Waals surface area contributed by atoms with Crippen molar-refractivity contribution in [3.8, 4) is 0 Å². The Labute approximate surface area is 132 Å². The van der Waals surface area contributed by atoms with Gasteiger partial charge in [-0.2, -0.15) is 10.2 Å². The number of amides is 1. The molecule has 0 bridgehead atoms. The fourth-order valence-corrected chi connectivity index (χ4v) is 2.40. The number of fused-ring (bicyclic) bond motifs is 1. The maximum Gasteiger partial charge on any atom is 0.272 e. The average Bonchev–Trinajstić information content (AvgIpc) is 3.01. The molecule has 0 aliphatic rings. The van der Waals surface area contributed by atoms with Gasteiger partial charge in [-0.3, -0.25) is 14.3 Å². The summed E-state index contributed by atoms with van der Waals surface area (Å²) in [6.07, 6.45) is 4.64. The van der Waals surface area contributed by atoms with Gasteiger partial charge in [-0.05, 0) is 12.5 Å². The summed E-state index contributed by atoms with van der Waals surface area (Å²) in [6, 6.07) is 6.91. The third-order valence-corrected chi connectivity index (χ3v) is 3.50. The van der Waals surface area contributed by atoms with E-state index in [1.807, 2.05) is 10.9 Å². The highest BCUT2D eigenvalue weighted by Gasteiger charge is 2.13. The van der Waals surface area contributed by atoms with E-state index in [0.717, 1.165) is 18.5 Å². The Morgan fingerprint density at radius 3 is 2.87 bits per heavy atom. The van der Waals surface area contributed by atoms with E-state index in [-0.39, 0.29) is 17.2 Å². The van der Waals surface area contributed by atoms with Gasteiger partial charge in [-0.25, -0.2) is 5.10 Å². The topological polar surface area (TPSA) is 92.7 Å². The number of aromatic amines is 1. The number of rotatable bonds is 5. The van der Waals surface area contributed by atoms with E-state index >= 15 is 0 Å². The fraction of sp³-hybridized carbons (Fsp3) is 0.250. The van der Waals surface area contributed by atoms with Crippen LogP contribution in [0.5, 0.6) is 0 Å². The third-order valence-electron chi connectivity index (χ3n) is 3.50. The molecule has 0 saturated carbocycles. The van der Waals surface area contributed by atoms with Gasteiger partial charge >= 0.3 is 0 Å². The maximum absolute atomic E-state index is 12.4. The Bertz CT molecular complexity index is 897. The van der Waals surface area contributed by atoms with Gasteiger partial charge in [0.15, 0.2) is 5.69 Å². The van der Waals surface area contributed by atoms with Crippen LogP contribution in [0.25, 0.3) is 10.8 Å². The number of aryl methyl sites for hydroxylation is 1. The van der Waals surface area contributed by atoms with Crippen LogP contribution >= 0.6 is 0 Å². The minimum absolute atomic E-state index is 0.209. The van der Waals surface area contributed by atoms with Gasteiger partial charge in [0.1, 0.15) is 0 Å². The Morgan fingerprint density at radius 1 is 1.30 bits per heavy atom. The standard InChI is InChI=1S/C16H17N5O2/c1-2-7-21-10-11(9-18-21)8-17-16(23)14-12-5-3-4-6-13(12)15(22)20-19-14/h3-6,9-10H,2,7-8H2,1H3,(H,17,23)(H,20,22). The van der Waals surface area contributed by atoms with Crippen molar-refractivity contribution in [3.63, 3.8) is 0 Å². The largest absolute Gasteiger partial charge is 0.346 e. The first-order valence-electron chi connectivity index (χ1n) is 7.46. The molecule has 7 nitrogen and oxygen atoms in total. The molecule has 2 heterocycles. The van der Waals surface area contributed by atoms with Crippen LogP contribution in [0, 0.1) is 0 Å². The molecule has 0 aliphatic heterocycles. The highest BCUT2D eigenvalue weighted by molar-refractivity contribution is 6.04. The van der Waals surface area contributed by atoms with Gasteiger partial charge < -0.3 is 5.32 Å². The molecule has 0 unspecified atom stereocenters. The highest BCUT2D eigenvalue weighted by atomic mass is 16.2. The first-order chi connectivity index (χ1) is 11.2. The number of hydrogen-bond donors (Lipinski definition) is 2. The van der Waals surface area contributed by atoms with E-state index < -0.39 is 0 Å². The van der Waals surface area contributed by atoms with E-state index in [1.165, 1.54) is 0 Å². The van der Waals surface area contributed by atoms with Crippen molar-refractivity contribution < 1.29 is 4.79 Å². The average molecular weight is 311 g/mol. The number of aromatic nitrogens is 4. The van der Waals surface area contributed by atoms with Gasteiger partial charge in [0.2, 0.25) is 0 Å². The van der Waals surface area contributed by atoms with Gasteiger partial charge in [-0.15, -0.1) is 0 Å². The van der Waals surface area contributed by atoms with Gasteiger partial charge in [-0.1, -0.05) is 25.1 Å². The summed E-state index contributed by atoms with van der Waals surface area (Å²) in [5, 5.41) is 14.3. The van der Waals surface area contributed by atoms with Crippen LogP contribution < -0.4 is 10.9 Å². The van der Waals surface area contributed by atoms with Crippen LogP contribution in [0.4, 0.5) is 0 Å². The third kappa shape index (κ3) is 3.13. The number of H-pyrrole nitrogens is 1. The lowest BCUT2D eigenvalue weighted by molar-refractivity contribution is 0.0946. The minimum atomic E-state index is -0.333. The van der Waals surface area contributed by atoms with E-state index in [2.05, 4.69) is 27.5 Å². The first-order valence-corrected chi connectivity index (χ1v) is 7.46. The first kappa shape index (κ1) is 15.0. The van der Waals surface area contributed by atoms with Crippen molar-refractivity contribution in [1.82, 2.24) is 25.3 Å². The SMILES string of the molecule is CCCn1cc(CNC(=O)c2n[nH]c(=O)c3ccccc23)cn1. The molecule has 0 aliphatic carbocycles. The number of benzene rings is 1. The molecule has 23 heavy (non-hydrogen) atoms. The number of nitrogens with one attached hydrogen (secondary N) is 2. The Morgan fingerprint density at radius 2 is 2.09 bits per heavy atom. The summed E-state index contributed by atoms with van der Waals surface area (Å²) >= 11 is 0. The maximum atomic E-state index is 12.4. The van der Waals surface area contributed by atoms with Crippen molar-refractivity contribution in [1.29, 1.82) is 0 Å². The molecule has 1 amide bonds. The van der Waals surface area contributed by atoms with Gasteiger partial charge in [0, 0.05) is 30.2 Å². The molecule has 3 aromatic rings. The second kappa shape index (κ2) is 6.43. The van der Waals surface area contributed by atoms with Crippen molar-refractivity contribution in [3.05, 3.63) is 58.3 Å². The lowest BCUT2D eigenvalue weighted by Crippen LogP contribution is -2.26. The van der Waals surface area contributed by atoms with Crippen molar-refractivity contribution >= 4 is 16.7 Å². The number of carbonyl (C=O) groups is 1. The van der Waals surface area contributed by atoms with Gasteiger partial charge in [0.25, 0.3) is 11.5 Å². The van der Waals surface area contributed by atoms with Crippen molar-refractivity contribution in [2.75, 3.05) is 0 Å². The molecule has 2 N–H and O–H groups in total. The van der Waals surface area contributed by atoms with E-state index in [9.17, 15) is 9.59 Å². The van der Waals surface area contributed by atoms with Gasteiger partial charge in [0.05, 0.1) is 11.6 Å². The predicted octanol–water partition coefficient (Wildman–Crippen LogP) is 1.46. The molecular weight excluding hydrogens is 294 g/mol. The lowest BCUT2D eigenvalue weighted by atomic mass is 10.1. The second-order valence-electron chi connectivity index (χ2n) is 5.24. The Hall–Kier alpha value is -2.96. The number of carbonyl (C=O) groups excluding carboxylic acids is 1. The number of nitrogens with zero attached hydrogens (tertiary/aromatic N) is 3. The molecule has 118 valence electrons. The normalized spacial score (nSPS) is 10.8. The lowest BCUT2D eigenvalue weighted by Gasteiger charge is -2.05. The Kier molecular flexibility index (Phi) is 4.18. The van der Waals surface area contributed by atoms with Crippen LogP contribution in [-0.2, 0) is 13.1 Å². The monoisotopic (exact) mass is 311 g/mol. The molecule has 0 fully saturated rings. The van der Waals surface area contributed by atoms with E-state index in [0.29, 0.717) is 17.3 Å². The summed E-state index contributed by atoms with van der Waals surface area (Å²) in [5.74, 6) is -0.333. The van der Waals surface area contributed by atoms with Crippen molar-refractivity contribution in [2.24, 2.45) is 0 Å². The predicted molar refractivity (Wildman–Crippen MR) is 86.1 cm³/mol. The molecule has 0 radical (unpaired) electrons. The number of hydrogen-bond acceptors (Lipinski definition) is 4. The molecule has 2 aromatic heterocycles. The molecule has 3 rings (SSSR count). The molecule has 0 atom stereocenters. The molecule has 7 heteroatoms. The van der Waals surface area contributed by atoms with Crippen molar-refractivity contribution in [2.45, 2.75) is 26.4 Å². The molecular formula is C16H17N5O2. The zero-order valence-corrected chi connectivity index (χ0v) is 12.7. The summed E-state index contributed by atoms with van der Waals surface area (Å²) in [5.41, 5.74) is 0.819. The summed E-state index contributed by atoms with van der Waals surface area (Å²) in [7, 11) is 0. The summed E-state index contributed by atoms with van der Waals surface area (Å²) in [4.78, 5) is 24.1. The molecule has 0 spiro atoms. The fourth-order valence-electron chi connectivity index (χ4n) is 2.40. The molecule has 1 aromatic carbocycles. The van der Waals surface area contributed by atoms with Crippen LogP contribution in [0.15, 0.2) is 41.5 Å². The zero-order chi connectivity index (χ0) is 16.2. The Balaban J connectivity index is 1.78. The van der Waals surface area contributed by atoms with E-state index in [1.54, 1.807) is 30.5 Å². The second-order valence-corrected chi connectivity index (χ2v) is 5.24. The minimum Gasteiger partial charge on any atom is -0.346 e. The highest BCUT2D eigenvalue weighted by Crippen LogP contribution is 2.12. The quantitative estimate of drug-likeness (QED) is 0.746. The molecule has 0 saturated heterocycles. The van der Waals surface area contributed by atoms with Crippen LogP contribution in [0.2, 0.25) is 0 Å². The van der Waals surface area contributed by atoms with Crippen LogP contribution in [0.1, 0.15) is 29.4 Å². The zero-order valence-electron chi connectivity index (χ0n) is 12.7.